The smallest absolute Gasteiger partial charge is 0.418 e. The van der Waals surface area contributed by atoms with Crippen LogP contribution in [0.4, 0.5) is 18.9 Å². The summed E-state index contributed by atoms with van der Waals surface area (Å²) in [7, 11) is 0. The Kier molecular flexibility index (Phi) is 6.88. The lowest BCUT2D eigenvalue weighted by molar-refractivity contribution is -0.137. The molecule has 0 fully saturated rings. The fourth-order valence-electron chi connectivity index (χ4n) is 2.37. The lowest BCUT2D eigenvalue weighted by Gasteiger charge is -2.13. The molecule has 6 nitrogen and oxygen atoms in total. The first-order valence-corrected chi connectivity index (χ1v) is 9.97. The molecule has 3 rings (SSSR count). The van der Waals surface area contributed by atoms with Gasteiger partial charge in [-0.25, -0.2) is 4.98 Å². The van der Waals surface area contributed by atoms with Crippen molar-refractivity contribution in [2.24, 2.45) is 0 Å². The monoisotopic (exact) mass is 456 g/mol. The summed E-state index contributed by atoms with van der Waals surface area (Å²) in [4.78, 5) is 16.3. The molecule has 0 aliphatic rings. The van der Waals surface area contributed by atoms with Crippen LogP contribution in [-0.4, -0.2) is 26.8 Å². The van der Waals surface area contributed by atoms with Crippen LogP contribution >= 0.6 is 23.4 Å². The maximum Gasteiger partial charge on any atom is 0.418 e. The highest BCUT2D eigenvalue weighted by molar-refractivity contribution is 7.99. The lowest BCUT2D eigenvalue weighted by Crippen LogP contribution is -2.18. The van der Waals surface area contributed by atoms with E-state index in [4.69, 9.17) is 16.3 Å². The van der Waals surface area contributed by atoms with Crippen LogP contribution in [0.1, 0.15) is 17.0 Å². The highest BCUT2D eigenvalue weighted by Gasteiger charge is 2.34. The fourth-order valence-corrected chi connectivity index (χ4v) is 3.16. The van der Waals surface area contributed by atoms with E-state index in [1.54, 1.807) is 0 Å². The first-order valence-electron chi connectivity index (χ1n) is 8.61. The quantitative estimate of drug-likeness (QED) is 0.484. The summed E-state index contributed by atoms with van der Waals surface area (Å²) in [6.45, 7) is 2.12. The van der Waals surface area contributed by atoms with Crippen molar-refractivity contribution in [1.82, 2.24) is 15.2 Å². The number of aromatic amines is 1. The second kappa shape index (κ2) is 9.40. The van der Waals surface area contributed by atoms with E-state index >= 15 is 0 Å². The number of nitrogens with one attached hydrogen (secondary N) is 2. The molecule has 0 bridgehead atoms. The average Bonchev–Trinajstić information content (AvgIpc) is 3.14. The number of nitrogens with zero attached hydrogens (tertiary/aromatic N) is 2. The van der Waals surface area contributed by atoms with Crippen LogP contribution in [0.25, 0.3) is 0 Å². The molecule has 158 valence electrons. The van der Waals surface area contributed by atoms with Gasteiger partial charge in [0.25, 0.3) is 0 Å². The largest absolute Gasteiger partial charge is 0.486 e. The van der Waals surface area contributed by atoms with Gasteiger partial charge in [0.1, 0.15) is 12.4 Å². The third-order valence-corrected chi connectivity index (χ3v) is 4.88. The van der Waals surface area contributed by atoms with Crippen LogP contribution in [0.3, 0.4) is 0 Å². The molecule has 0 aliphatic carbocycles. The summed E-state index contributed by atoms with van der Waals surface area (Å²) in [5.41, 5.74) is -0.263. The first-order chi connectivity index (χ1) is 14.2. The molecule has 30 heavy (non-hydrogen) atoms. The van der Waals surface area contributed by atoms with E-state index in [0.29, 0.717) is 11.6 Å². The maximum absolute atomic E-state index is 13.1. The molecule has 2 N–H and O–H groups in total. The van der Waals surface area contributed by atoms with Crippen molar-refractivity contribution >= 4 is 35.0 Å². The molecule has 0 saturated carbocycles. The normalized spacial score (nSPS) is 11.4. The molecule has 1 heterocycles. The highest BCUT2D eigenvalue weighted by Crippen LogP contribution is 2.36. The van der Waals surface area contributed by atoms with Crippen LogP contribution in [0.2, 0.25) is 5.02 Å². The van der Waals surface area contributed by atoms with E-state index in [1.165, 1.54) is 6.07 Å². The summed E-state index contributed by atoms with van der Waals surface area (Å²) >= 11 is 6.61. The molecule has 3 aromatic rings. The Morgan fingerprint density at radius 1 is 1.23 bits per heavy atom. The molecule has 0 saturated heterocycles. The number of rotatable bonds is 7. The van der Waals surface area contributed by atoms with Gasteiger partial charge in [0.15, 0.2) is 5.82 Å². The van der Waals surface area contributed by atoms with Gasteiger partial charge in [0.05, 0.1) is 17.0 Å². The predicted octanol–water partition coefficient (Wildman–Crippen LogP) is 5.10. The van der Waals surface area contributed by atoms with Crippen LogP contribution < -0.4 is 10.1 Å². The number of hydrogen-bond acceptors (Lipinski definition) is 5. The van der Waals surface area contributed by atoms with E-state index in [-0.39, 0.29) is 28.2 Å². The SMILES string of the molecule is Cc1ccc(OCc2nc(SCC(=O)Nc3ccc(Cl)cc3C(F)(F)F)n[nH]2)cc1. The molecule has 0 atom stereocenters. The molecule has 1 aromatic heterocycles. The first kappa shape index (κ1) is 22.0. The molecule has 0 radical (unpaired) electrons. The number of anilines is 1. The number of H-pyrrole nitrogens is 1. The molecule has 0 unspecified atom stereocenters. The number of amides is 1. The topological polar surface area (TPSA) is 79.9 Å². The van der Waals surface area contributed by atoms with Crippen molar-refractivity contribution in [1.29, 1.82) is 0 Å². The zero-order valence-electron chi connectivity index (χ0n) is 15.6. The molecule has 0 aliphatic heterocycles. The Bertz CT molecular complexity index is 1030. The second-order valence-electron chi connectivity index (χ2n) is 6.19. The number of carbonyl (C=O) groups is 1. The highest BCUT2D eigenvalue weighted by atomic mass is 35.5. The Hall–Kier alpha value is -2.72. The van der Waals surface area contributed by atoms with Crippen molar-refractivity contribution in [3.8, 4) is 5.75 Å². The van der Waals surface area contributed by atoms with E-state index in [2.05, 4.69) is 20.5 Å². The lowest BCUT2D eigenvalue weighted by atomic mass is 10.1. The minimum absolute atomic E-state index is 0.0733. The standard InChI is InChI=1S/C19H16ClF3N4O2S/c1-11-2-5-13(6-3-11)29-9-16-25-18(27-26-16)30-10-17(28)24-15-7-4-12(20)8-14(15)19(21,22)23/h2-8H,9-10H2,1H3,(H,24,28)(H,25,26,27). The minimum Gasteiger partial charge on any atom is -0.486 e. The van der Waals surface area contributed by atoms with Gasteiger partial charge in [-0.3, -0.25) is 9.89 Å². The van der Waals surface area contributed by atoms with Crippen LogP contribution in [-0.2, 0) is 17.6 Å². The Balaban J connectivity index is 1.53. The predicted molar refractivity (Wildman–Crippen MR) is 108 cm³/mol. The zero-order chi connectivity index (χ0) is 21.7. The van der Waals surface area contributed by atoms with Gasteiger partial charge < -0.3 is 10.1 Å². The van der Waals surface area contributed by atoms with Gasteiger partial charge >= 0.3 is 6.18 Å². The molecule has 2 aromatic carbocycles. The van der Waals surface area contributed by atoms with Gasteiger partial charge in [-0.15, -0.1) is 5.10 Å². The number of alkyl halides is 3. The summed E-state index contributed by atoms with van der Waals surface area (Å²) in [5.74, 6) is 0.329. The molecular weight excluding hydrogens is 441 g/mol. The van der Waals surface area contributed by atoms with E-state index in [1.807, 2.05) is 31.2 Å². The summed E-state index contributed by atoms with van der Waals surface area (Å²) in [5, 5.41) is 9.10. The number of carbonyl (C=O) groups excluding carboxylic acids is 1. The minimum atomic E-state index is -4.64. The fraction of sp³-hybridized carbons (Fsp3) is 0.211. The Labute approximate surface area is 179 Å². The number of ether oxygens (including phenoxy) is 1. The molecule has 1 amide bonds. The Morgan fingerprint density at radius 2 is 1.97 bits per heavy atom. The number of halogens is 4. The number of aromatic nitrogens is 3. The van der Waals surface area contributed by atoms with Crippen molar-refractivity contribution in [2.45, 2.75) is 24.9 Å². The number of aryl methyl sites for hydroxylation is 1. The van der Waals surface area contributed by atoms with E-state index in [9.17, 15) is 18.0 Å². The molecule has 11 heteroatoms. The number of thioether (sulfide) groups is 1. The van der Waals surface area contributed by atoms with Crippen molar-refractivity contribution in [2.75, 3.05) is 11.1 Å². The van der Waals surface area contributed by atoms with E-state index < -0.39 is 17.6 Å². The third-order valence-electron chi connectivity index (χ3n) is 3.80. The van der Waals surface area contributed by atoms with Crippen molar-refractivity contribution < 1.29 is 22.7 Å². The van der Waals surface area contributed by atoms with E-state index in [0.717, 1.165) is 29.5 Å². The number of hydrogen-bond donors (Lipinski definition) is 2. The maximum atomic E-state index is 13.1. The number of benzene rings is 2. The second-order valence-corrected chi connectivity index (χ2v) is 7.57. The van der Waals surface area contributed by atoms with Crippen LogP contribution in [0, 0.1) is 6.92 Å². The zero-order valence-corrected chi connectivity index (χ0v) is 17.2. The molecular formula is C19H16ClF3N4O2S. The summed E-state index contributed by atoms with van der Waals surface area (Å²) < 4.78 is 44.9. The third kappa shape index (κ3) is 6.14. The van der Waals surface area contributed by atoms with Gasteiger partial charge in [-0.05, 0) is 37.3 Å². The average molecular weight is 457 g/mol. The van der Waals surface area contributed by atoms with Crippen LogP contribution in [0.15, 0.2) is 47.6 Å². The summed E-state index contributed by atoms with van der Waals surface area (Å²) in [6, 6.07) is 10.6. The van der Waals surface area contributed by atoms with Gasteiger partial charge in [-0.1, -0.05) is 41.1 Å². The van der Waals surface area contributed by atoms with Crippen molar-refractivity contribution in [3.63, 3.8) is 0 Å². The van der Waals surface area contributed by atoms with Gasteiger partial charge in [0, 0.05) is 5.02 Å². The van der Waals surface area contributed by atoms with Gasteiger partial charge in [-0.2, -0.15) is 13.2 Å². The molecule has 0 spiro atoms. The van der Waals surface area contributed by atoms with Crippen LogP contribution in [0.5, 0.6) is 5.75 Å². The van der Waals surface area contributed by atoms with Crippen molar-refractivity contribution in [3.05, 3.63) is 64.4 Å². The summed E-state index contributed by atoms with van der Waals surface area (Å²) in [6.07, 6.45) is -4.64. The van der Waals surface area contributed by atoms with Gasteiger partial charge in [0.2, 0.25) is 11.1 Å². The Morgan fingerprint density at radius 3 is 2.67 bits per heavy atom.